The lowest BCUT2D eigenvalue weighted by molar-refractivity contribution is -0.138. The van der Waals surface area contributed by atoms with Gasteiger partial charge in [-0.2, -0.15) is 0 Å². The molecule has 0 radical (unpaired) electrons. The number of carboxylic acids is 1. The summed E-state index contributed by atoms with van der Waals surface area (Å²) in [5.41, 5.74) is 1.07. The molecule has 21 heavy (non-hydrogen) atoms. The van der Waals surface area contributed by atoms with Gasteiger partial charge in [0, 0.05) is 12.6 Å². The molecular weight excluding hydrogens is 275 g/mol. The largest absolute Gasteiger partial charge is 0.480 e. The number of hydrogen-bond donors (Lipinski definition) is 2. The van der Waals surface area contributed by atoms with Crippen molar-refractivity contribution >= 4 is 11.9 Å². The zero-order chi connectivity index (χ0) is 15.4. The van der Waals surface area contributed by atoms with Crippen molar-refractivity contribution in [1.29, 1.82) is 0 Å². The molecule has 2 atom stereocenters. The van der Waals surface area contributed by atoms with Crippen LogP contribution in [0.2, 0.25) is 0 Å². The maximum atomic E-state index is 12.9. The molecule has 1 aromatic carbocycles. The average Bonchev–Trinajstić information content (AvgIpc) is 2.78. The Labute approximate surface area is 122 Å². The fraction of sp³-hybridized carbons (Fsp3) is 0.467. The molecule has 2 unspecified atom stereocenters. The summed E-state index contributed by atoms with van der Waals surface area (Å²) in [5.74, 6) is -1.33. The standard InChI is InChI=1S/C15H19FN2O3/c1-10-6-12(11-2-4-13(16)5-3-11)8-18(10)9-14(19)17-7-15(20)21/h2-5,10,12H,6-9H2,1H3,(H,17,19)(H,20,21). The van der Waals surface area contributed by atoms with Crippen LogP contribution in [0.15, 0.2) is 24.3 Å². The molecule has 2 N–H and O–H groups in total. The van der Waals surface area contributed by atoms with Crippen molar-refractivity contribution in [3.8, 4) is 0 Å². The van der Waals surface area contributed by atoms with Crippen LogP contribution in [0, 0.1) is 5.82 Å². The van der Waals surface area contributed by atoms with Gasteiger partial charge < -0.3 is 10.4 Å². The van der Waals surface area contributed by atoms with Gasteiger partial charge in [-0.05, 0) is 37.0 Å². The maximum Gasteiger partial charge on any atom is 0.322 e. The van der Waals surface area contributed by atoms with Crippen molar-refractivity contribution in [2.24, 2.45) is 0 Å². The first-order chi connectivity index (χ1) is 9.95. The number of nitrogens with one attached hydrogen (secondary N) is 1. The first-order valence-corrected chi connectivity index (χ1v) is 6.93. The molecular formula is C15H19FN2O3. The Morgan fingerprint density at radius 1 is 1.38 bits per heavy atom. The second kappa shape index (κ2) is 6.67. The molecule has 1 aliphatic heterocycles. The van der Waals surface area contributed by atoms with Crippen LogP contribution in [-0.4, -0.2) is 47.6 Å². The van der Waals surface area contributed by atoms with Gasteiger partial charge >= 0.3 is 5.97 Å². The molecule has 5 nitrogen and oxygen atoms in total. The van der Waals surface area contributed by atoms with Gasteiger partial charge in [0.1, 0.15) is 12.4 Å². The summed E-state index contributed by atoms with van der Waals surface area (Å²) in [6.45, 7) is 2.58. The molecule has 1 saturated heterocycles. The summed E-state index contributed by atoms with van der Waals surface area (Å²) in [7, 11) is 0. The first kappa shape index (κ1) is 15.4. The molecule has 1 fully saturated rings. The summed E-state index contributed by atoms with van der Waals surface area (Å²) >= 11 is 0. The van der Waals surface area contributed by atoms with Crippen molar-refractivity contribution in [3.05, 3.63) is 35.6 Å². The van der Waals surface area contributed by atoms with Gasteiger partial charge in [-0.3, -0.25) is 14.5 Å². The van der Waals surface area contributed by atoms with Crippen LogP contribution in [0.5, 0.6) is 0 Å². The third-order valence-electron chi connectivity index (χ3n) is 3.83. The molecule has 0 bridgehead atoms. The van der Waals surface area contributed by atoms with Crippen molar-refractivity contribution in [2.75, 3.05) is 19.6 Å². The fourth-order valence-corrected chi connectivity index (χ4v) is 2.71. The minimum atomic E-state index is -1.05. The van der Waals surface area contributed by atoms with E-state index in [0.717, 1.165) is 12.0 Å². The van der Waals surface area contributed by atoms with Gasteiger partial charge in [-0.1, -0.05) is 12.1 Å². The molecule has 1 aromatic rings. The number of nitrogens with zero attached hydrogens (tertiary/aromatic N) is 1. The molecule has 1 aliphatic rings. The van der Waals surface area contributed by atoms with Crippen LogP contribution in [-0.2, 0) is 9.59 Å². The number of likely N-dealkylation sites (tertiary alicyclic amines) is 1. The predicted octanol–water partition coefficient (Wildman–Crippen LogP) is 1.20. The summed E-state index contributed by atoms with van der Waals surface area (Å²) in [6, 6.07) is 6.68. The van der Waals surface area contributed by atoms with E-state index >= 15 is 0 Å². The van der Waals surface area contributed by atoms with E-state index in [4.69, 9.17) is 5.11 Å². The van der Waals surface area contributed by atoms with E-state index in [1.54, 1.807) is 12.1 Å². The Kier molecular flexibility index (Phi) is 4.90. The molecule has 0 aromatic heterocycles. The van der Waals surface area contributed by atoms with Gasteiger partial charge in [0.25, 0.3) is 0 Å². The number of carbonyl (C=O) groups is 2. The third kappa shape index (κ3) is 4.26. The number of rotatable bonds is 5. The lowest BCUT2D eigenvalue weighted by Gasteiger charge is -2.20. The molecule has 6 heteroatoms. The lowest BCUT2D eigenvalue weighted by atomic mass is 9.97. The number of carbonyl (C=O) groups excluding carboxylic acids is 1. The lowest BCUT2D eigenvalue weighted by Crippen LogP contribution is -2.40. The van der Waals surface area contributed by atoms with Gasteiger partial charge in [0.2, 0.25) is 5.91 Å². The summed E-state index contributed by atoms with van der Waals surface area (Å²) in [6.07, 6.45) is 0.901. The Bertz CT molecular complexity index is 518. The highest BCUT2D eigenvalue weighted by atomic mass is 19.1. The zero-order valence-electron chi connectivity index (χ0n) is 11.9. The summed E-state index contributed by atoms with van der Waals surface area (Å²) < 4.78 is 12.9. The summed E-state index contributed by atoms with van der Waals surface area (Å²) in [5, 5.41) is 10.9. The fourth-order valence-electron chi connectivity index (χ4n) is 2.71. The summed E-state index contributed by atoms with van der Waals surface area (Å²) in [4.78, 5) is 24.1. The molecule has 114 valence electrons. The normalized spacial score (nSPS) is 22.2. The minimum Gasteiger partial charge on any atom is -0.480 e. The van der Waals surface area contributed by atoms with Crippen LogP contribution in [0.4, 0.5) is 4.39 Å². The van der Waals surface area contributed by atoms with Crippen LogP contribution < -0.4 is 5.32 Å². The van der Waals surface area contributed by atoms with Gasteiger partial charge in [-0.25, -0.2) is 4.39 Å². The number of carboxylic acid groups (broad SMARTS) is 1. The average molecular weight is 294 g/mol. The van der Waals surface area contributed by atoms with E-state index in [1.165, 1.54) is 12.1 Å². The van der Waals surface area contributed by atoms with Crippen molar-refractivity contribution in [3.63, 3.8) is 0 Å². The van der Waals surface area contributed by atoms with E-state index in [-0.39, 0.29) is 36.8 Å². The quantitative estimate of drug-likeness (QED) is 0.856. The highest BCUT2D eigenvalue weighted by Crippen LogP contribution is 2.31. The number of benzene rings is 1. The van der Waals surface area contributed by atoms with Gasteiger partial charge in [0.15, 0.2) is 0 Å². The molecule has 0 saturated carbocycles. The Hall–Kier alpha value is -1.95. The smallest absolute Gasteiger partial charge is 0.322 e. The van der Waals surface area contributed by atoms with Crippen LogP contribution in [0.1, 0.15) is 24.8 Å². The number of aliphatic carboxylic acids is 1. The van der Waals surface area contributed by atoms with Crippen molar-refractivity contribution < 1.29 is 19.1 Å². The topological polar surface area (TPSA) is 69.6 Å². The predicted molar refractivity (Wildman–Crippen MR) is 75.4 cm³/mol. The van der Waals surface area contributed by atoms with E-state index in [2.05, 4.69) is 5.32 Å². The number of halogens is 1. The SMILES string of the molecule is CC1CC(c2ccc(F)cc2)CN1CC(=O)NCC(=O)O. The van der Waals surface area contributed by atoms with E-state index in [0.29, 0.717) is 6.54 Å². The Morgan fingerprint density at radius 3 is 2.67 bits per heavy atom. The molecule has 1 heterocycles. The zero-order valence-corrected chi connectivity index (χ0v) is 11.9. The van der Waals surface area contributed by atoms with Gasteiger partial charge in [0.05, 0.1) is 6.54 Å². The van der Waals surface area contributed by atoms with Crippen LogP contribution in [0.3, 0.4) is 0 Å². The highest BCUT2D eigenvalue weighted by molar-refractivity contribution is 5.82. The molecule has 0 aliphatic carbocycles. The second-order valence-electron chi connectivity index (χ2n) is 5.43. The van der Waals surface area contributed by atoms with Crippen molar-refractivity contribution in [1.82, 2.24) is 10.2 Å². The third-order valence-corrected chi connectivity index (χ3v) is 3.83. The Balaban J connectivity index is 1.90. The molecule has 2 rings (SSSR count). The van der Waals surface area contributed by atoms with Crippen molar-refractivity contribution in [2.45, 2.75) is 25.3 Å². The Morgan fingerprint density at radius 2 is 2.05 bits per heavy atom. The first-order valence-electron chi connectivity index (χ1n) is 6.93. The number of hydrogen-bond acceptors (Lipinski definition) is 3. The highest BCUT2D eigenvalue weighted by Gasteiger charge is 2.31. The van der Waals surface area contributed by atoms with Crippen LogP contribution >= 0.6 is 0 Å². The molecule has 0 spiro atoms. The van der Waals surface area contributed by atoms with E-state index in [1.807, 2.05) is 11.8 Å². The molecule has 1 amide bonds. The van der Waals surface area contributed by atoms with E-state index in [9.17, 15) is 14.0 Å². The maximum absolute atomic E-state index is 12.9. The van der Waals surface area contributed by atoms with Crippen LogP contribution in [0.25, 0.3) is 0 Å². The monoisotopic (exact) mass is 294 g/mol. The second-order valence-corrected chi connectivity index (χ2v) is 5.43. The minimum absolute atomic E-state index is 0.187. The van der Waals surface area contributed by atoms with E-state index < -0.39 is 5.97 Å². The number of amides is 1. The van der Waals surface area contributed by atoms with Gasteiger partial charge in [-0.15, -0.1) is 0 Å².